The average Bonchev–Trinajstić information content (AvgIpc) is 2.70. The monoisotopic (exact) mass is 242 g/mol. The number of hydrogen-bond donors (Lipinski definition) is 1. The van der Waals surface area contributed by atoms with Crippen molar-refractivity contribution in [1.82, 2.24) is 5.16 Å². The molecule has 1 aromatic rings. The first-order valence-electron chi connectivity index (χ1n) is 4.95. The Labute approximate surface area is 98.1 Å². The first-order chi connectivity index (χ1) is 8.10. The minimum absolute atomic E-state index is 0.0647. The molecule has 17 heavy (non-hydrogen) atoms. The lowest BCUT2D eigenvalue weighted by molar-refractivity contribution is -0.140. The number of carbonyl (C=O) groups excluding carboxylic acids is 2. The molecule has 7 heteroatoms. The van der Waals surface area contributed by atoms with Gasteiger partial charge in [-0.3, -0.25) is 4.79 Å². The van der Waals surface area contributed by atoms with Crippen molar-refractivity contribution in [3.05, 3.63) is 11.5 Å². The van der Waals surface area contributed by atoms with Crippen LogP contribution in [0.4, 0.5) is 5.69 Å². The molecule has 0 fully saturated rings. The summed E-state index contributed by atoms with van der Waals surface area (Å²) in [5, 5.41) is 6.46. The van der Waals surface area contributed by atoms with Gasteiger partial charge in [0, 0.05) is 6.54 Å². The number of hydrogen-bond acceptors (Lipinski definition) is 7. The van der Waals surface area contributed by atoms with Gasteiger partial charge in [0.2, 0.25) is 5.69 Å². The minimum Gasteiger partial charge on any atom is -0.469 e. The highest BCUT2D eigenvalue weighted by molar-refractivity contribution is 5.93. The highest BCUT2D eigenvalue weighted by Crippen LogP contribution is 2.20. The summed E-state index contributed by atoms with van der Waals surface area (Å²) in [5.41, 5.74) is 0.496. The first kappa shape index (κ1) is 13.0. The summed E-state index contributed by atoms with van der Waals surface area (Å²) in [6, 6.07) is 0. The zero-order chi connectivity index (χ0) is 12.8. The molecule has 0 aliphatic heterocycles. The Kier molecular flexibility index (Phi) is 4.50. The topological polar surface area (TPSA) is 90.7 Å². The van der Waals surface area contributed by atoms with Gasteiger partial charge < -0.3 is 19.3 Å². The Morgan fingerprint density at radius 2 is 2.06 bits per heavy atom. The lowest BCUT2D eigenvalue weighted by atomic mass is 10.3. The molecule has 7 nitrogen and oxygen atoms in total. The SMILES string of the molecule is COC(=O)CCNc1c(C(=O)OC)noc1C. The van der Waals surface area contributed by atoms with Crippen molar-refractivity contribution in [2.45, 2.75) is 13.3 Å². The third-order valence-corrected chi connectivity index (χ3v) is 2.10. The van der Waals surface area contributed by atoms with E-state index < -0.39 is 5.97 Å². The van der Waals surface area contributed by atoms with Crippen molar-refractivity contribution in [3.8, 4) is 0 Å². The van der Waals surface area contributed by atoms with Gasteiger partial charge in [0.15, 0.2) is 5.76 Å². The van der Waals surface area contributed by atoms with E-state index in [9.17, 15) is 9.59 Å². The second-order valence-electron chi connectivity index (χ2n) is 3.21. The van der Waals surface area contributed by atoms with Crippen LogP contribution in [0.3, 0.4) is 0 Å². The van der Waals surface area contributed by atoms with Gasteiger partial charge in [0.25, 0.3) is 0 Å². The van der Waals surface area contributed by atoms with Gasteiger partial charge in [-0.2, -0.15) is 0 Å². The van der Waals surface area contributed by atoms with Crippen LogP contribution in [0.5, 0.6) is 0 Å². The average molecular weight is 242 g/mol. The molecule has 1 rings (SSSR count). The van der Waals surface area contributed by atoms with Gasteiger partial charge in [-0.15, -0.1) is 0 Å². The number of ether oxygens (including phenoxy) is 2. The number of aromatic nitrogens is 1. The number of esters is 2. The van der Waals surface area contributed by atoms with Crippen LogP contribution in [0, 0.1) is 6.92 Å². The number of carbonyl (C=O) groups is 2. The van der Waals surface area contributed by atoms with Crippen LogP contribution in [0.1, 0.15) is 22.7 Å². The smallest absolute Gasteiger partial charge is 0.362 e. The Bertz CT molecular complexity index is 413. The van der Waals surface area contributed by atoms with Gasteiger partial charge in [0.1, 0.15) is 5.69 Å². The van der Waals surface area contributed by atoms with Crippen molar-refractivity contribution in [2.24, 2.45) is 0 Å². The highest BCUT2D eigenvalue weighted by Gasteiger charge is 2.20. The molecule has 0 aliphatic rings. The van der Waals surface area contributed by atoms with Gasteiger partial charge in [-0.25, -0.2) is 4.79 Å². The molecule has 0 bridgehead atoms. The Balaban J connectivity index is 2.66. The lowest BCUT2D eigenvalue weighted by Crippen LogP contribution is -2.12. The van der Waals surface area contributed by atoms with Crippen LogP contribution in [0.2, 0.25) is 0 Å². The molecule has 0 unspecified atom stereocenters. The molecular weight excluding hydrogens is 228 g/mol. The normalized spacial score (nSPS) is 9.82. The Morgan fingerprint density at radius 3 is 2.65 bits per heavy atom. The van der Waals surface area contributed by atoms with Gasteiger partial charge >= 0.3 is 11.9 Å². The highest BCUT2D eigenvalue weighted by atomic mass is 16.5. The van der Waals surface area contributed by atoms with E-state index in [1.807, 2.05) is 0 Å². The maximum absolute atomic E-state index is 11.3. The molecule has 0 saturated carbocycles. The number of methoxy groups -OCH3 is 2. The van der Waals surface area contributed by atoms with E-state index in [0.29, 0.717) is 18.0 Å². The summed E-state index contributed by atoms with van der Waals surface area (Å²) in [5.74, 6) is -0.482. The molecular formula is C10H14N2O5. The first-order valence-corrected chi connectivity index (χ1v) is 4.95. The van der Waals surface area contributed by atoms with Crippen molar-refractivity contribution >= 4 is 17.6 Å². The predicted octanol–water partition coefficient (Wildman–Crippen LogP) is 0.745. The number of anilines is 1. The van der Waals surface area contributed by atoms with E-state index in [-0.39, 0.29) is 18.1 Å². The quantitative estimate of drug-likeness (QED) is 0.761. The molecule has 0 amide bonds. The standard InChI is InChI=1S/C10H14N2O5/c1-6-8(11-5-4-7(13)15-2)9(12-17-6)10(14)16-3/h11H,4-5H2,1-3H3. The number of nitrogens with one attached hydrogen (secondary N) is 1. The lowest BCUT2D eigenvalue weighted by Gasteiger charge is -2.04. The summed E-state index contributed by atoms with van der Waals surface area (Å²) < 4.78 is 13.9. The molecule has 0 atom stereocenters. The van der Waals surface area contributed by atoms with Gasteiger partial charge in [-0.1, -0.05) is 5.16 Å². The number of aryl methyl sites for hydroxylation is 1. The van der Waals surface area contributed by atoms with E-state index in [2.05, 4.69) is 19.9 Å². The van der Waals surface area contributed by atoms with Crippen molar-refractivity contribution in [1.29, 1.82) is 0 Å². The van der Waals surface area contributed by atoms with E-state index in [4.69, 9.17) is 4.52 Å². The molecule has 0 aliphatic carbocycles. The summed E-state index contributed by atoms with van der Waals surface area (Å²) >= 11 is 0. The number of nitrogens with zero attached hydrogens (tertiary/aromatic N) is 1. The van der Waals surface area contributed by atoms with Crippen LogP contribution < -0.4 is 5.32 Å². The fourth-order valence-corrected chi connectivity index (χ4v) is 1.21. The zero-order valence-corrected chi connectivity index (χ0v) is 9.90. The van der Waals surface area contributed by atoms with E-state index in [1.165, 1.54) is 14.2 Å². The van der Waals surface area contributed by atoms with Crippen LogP contribution in [0.15, 0.2) is 4.52 Å². The maximum atomic E-state index is 11.3. The molecule has 0 aromatic carbocycles. The third-order valence-electron chi connectivity index (χ3n) is 2.10. The zero-order valence-electron chi connectivity index (χ0n) is 9.90. The van der Waals surface area contributed by atoms with E-state index >= 15 is 0 Å². The van der Waals surface area contributed by atoms with E-state index in [1.54, 1.807) is 6.92 Å². The molecule has 0 spiro atoms. The second kappa shape index (κ2) is 5.88. The molecule has 1 N–H and O–H groups in total. The minimum atomic E-state index is -0.595. The van der Waals surface area contributed by atoms with Crippen molar-refractivity contribution in [2.75, 3.05) is 26.1 Å². The van der Waals surface area contributed by atoms with Crippen LogP contribution in [0.25, 0.3) is 0 Å². The Hall–Kier alpha value is -2.05. The van der Waals surface area contributed by atoms with Crippen molar-refractivity contribution < 1.29 is 23.6 Å². The van der Waals surface area contributed by atoms with Crippen LogP contribution in [-0.4, -0.2) is 37.9 Å². The number of rotatable bonds is 5. The third kappa shape index (κ3) is 3.20. The largest absolute Gasteiger partial charge is 0.469 e. The van der Waals surface area contributed by atoms with Gasteiger partial charge in [-0.05, 0) is 6.92 Å². The van der Waals surface area contributed by atoms with Crippen LogP contribution in [-0.2, 0) is 14.3 Å². The molecule has 94 valence electrons. The van der Waals surface area contributed by atoms with E-state index in [0.717, 1.165) is 0 Å². The second-order valence-corrected chi connectivity index (χ2v) is 3.21. The fourth-order valence-electron chi connectivity index (χ4n) is 1.21. The molecule has 1 heterocycles. The summed E-state index contributed by atoms with van der Waals surface area (Å²) in [4.78, 5) is 22.2. The molecule has 1 aromatic heterocycles. The molecule has 0 saturated heterocycles. The predicted molar refractivity (Wildman–Crippen MR) is 57.7 cm³/mol. The van der Waals surface area contributed by atoms with Gasteiger partial charge in [0.05, 0.1) is 20.6 Å². The molecule has 0 radical (unpaired) electrons. The summed E-state index contributed by atoms with van der Waals surface area (Å²) in [6.07, 6.45) is 0.182. The Morgan fingerprint density at radius 1 is 1.35 bits per heavy atom. The summed E-state index contributed by atoms with van der Waals surface area (Å²) in [7, 11) is 2.57. The van der Waals surface area contributed by atoms with Crippen LogP contribution >= 0.6 is 0 Å². The maximum Gasteiger partial charge on any atom is 0.362 e. The van der Waals surface area contributed by atoms with Crippen molar-refractivity contribution in [3.63, 3.8) is 0 Å². The summed E-state index contributed by atoms with van der Waals surface area (Å²) in [6.45, 7) is 1.97. The fraction of sp³-hybridized carbons (Fsp3) is 0.500.